The zero-order valence-corrected chi connectivity index (χ0v) is 16.7. The number of fused-ring (bicyclic) bond motifs is 1. The van der Waals surface area contributed by atoms with Gasteiger partial charge < -0.3 is 14.0 Å². The Bertz CT molecular complexity index is 1150. The highest BCUT2D eigenvalue weighted by molar-refractivity contribution is 9.10. The summed E-state index contributed by atoms with van der Waals surface area (Å²) in [5.41, 5.74) is 0.863. The lowest BCUT2D eigenvalue weighted by atomic mass is 10.2. The number of nitrogens with zero attached hydrogens (tertiary/aromatic N) is 1. The Balaban J connectivity index is 2.09. The van der Waals surface area contributed by atoms with Gasteiger partial charge in [-0.15, -0.1) is 13.2 Å². The fraction of sp³-hybridized carbons (Fsp3) is 0.188. The van der Waals surface area contributed by atoms with Gasteiger partial charge in [-0.2, -0.15) is 0 Å². The summed E-state index contributed by atoms with van der Waals surface area (Å²) in [4.78, 5) is -0.705. The molecule has 0 unspecified atom stereocenters. The average molecular weight is 481 g/mol. The molecule has 3 aromatic rings. The van der Waals surface area contributed by atoms with Crippen LogP contribution in [0.4, 0.5) is 18.9 Å². The van der Waals surface area contributed by atoms with Crippen LogP contribution in [0.1, 0.15) is 5.69 Å². The molecular formula is C16H12BrF3N2O5S. The number of aromatic nitrogens is 1. The van der Waals surface area contributed by atoms with Gasteiger partial charge in [0.2, 0.25) is 0 Å². The number of alkyl halides is 3. The molecule has 12 heteroatoms. The van der Waals surface area contributed by atoms with Crippen LogP contribution in [0.3, 0.4) is 0 Å². The number of rotatable bonds is 5. The van der Waals surface area contributed by atoms with Crippen LogP contribution in [0, 0.1) is 6.92 Å². The van der Waals surface area contributed by atoms with E-state index in [1.54, 1.807) is 6.92 Å². The fourth-order valence-electron chi connectivity index (χ4n) is 2.44. The number of hydrogen-bond donors (Lipinski definition) is 1. The first-order valence-electron chi connectivity index (χ1n) is 7.52. The molecule has 1 N–H and O–H groups in total. The minimum Gasteiger partial charge on any atom is -0.494 e. The lowest BCUT2D eigenvalue weighted by Gasteiger charge is -2.16. The van der Waals surface area contributed by atoms with Crippen LogP contribution in [0.25, 0.3) is 11.0 Å². The van der Waals surface area contributed by atoms with Gasteiger partial charge in [0.1, 0.15) is 16.4 Å². The number of methoxy groups -OCH3 is 1. The topological polar surface area (TPSA) is 90.7 Å². The molecule has 0 bridgehead atoms. The summed E-state index contributed by atoms with van der Waals surface area (Å²) >= 11 is 3.04. The summed E-state index contributed by atoms with van der Waals surface area (Å²) in [6.45, 7) is 1.65. The molecule has 1 aromatic heterocycles. The Kier molecular flexibility index (Phi) is 5.19. The van der Waals surface area contributed by atoms with Crippen molar-refractivity contribution in [1.82, 2.24) is 5.16 Å². The van der Waals surface area contributed by atoms with Gasteiger partial charge in [-0.25, -0.2) is 8.42 Å². The van der Waals surface area contributed by atoms with Crippen molar-refractivity contribution in [3.63, 3.8) is 0 Å². The Morgan fingerprint density at radius 1 is 1.18 bits per heavy atom. The van der Waals surface area contributed by atoms with Crippen molar-refractivity contribution in [3.8, 4) is 11.5 Å². The molecule has 0 amide bonds. The van der Waals surface area contributed by atoms with Crippen molar-refractivity contribution < 1.29 is 35.6 Å². The molecule has 28 heavy (non-hydrogen) atoms. The molecule has 1 heterocycles. The van der Waals surface area contributed by atoms with Crippen LogP contribution < -0.4 is 14.2 Å². The lowest BCUT2D eigenvalue weighted by molar-refractivity contribution is -0.275. The summed E-state index contributed by atoms with van der Waals surface area (Å²) in [6.07, 6.45) is -5.06. The molecule has 0 aliphatic rings. The third-order valence-corrected chi connectivity index (χ3v) is 5.52. The van der Waals surface area contributed by atoms with Gasteiger partial charge in [-0.05, 0) is 31.2 Å². The number of ether oxygens (including phenoxy) is 2. The van der Waals surface area contributed by atoms with E-state index >= 15 is 0 Å². The number of halogens is 4. The molecule has 0 fully saturated rings. The first kappa shape index (κ1) is 20.3. The Morgan fingerprint density at radius 3 is 2.54 bits per heavy atom. The zero-order chi connectivity index (χ0) is 20.7. The maximum Gasteiger partial charge on any atom is 0.573 e. The molecule has 150 valence electrons. The van der Waals surface area contributed by atoms with Crippen LogP contribution in [0.15, 0.2) is 44.2 Å². The summed E-state index contributed by atoms with van der Waals surface area (Å²) in [7, 11) is -3.17. The fourth-order valence-corrected chi connectivity index (χ4v) is 4.16. The molecular weight excluding hydrogens is 469 g/mol. The molecule has 0 spiro atoms. The Hall–Kier alpha value is -2.47. The van der Waals surface area contributed by atoms with Crippen molar-refractivity contribution in [2.45, 2.75) is 18.2 Å². The summed E-state index contributed by atoms with van der Waals surface area (Å²) in [5.74, 6) is -0.773. The molecule has 7 nitrogen and oxygen atoms in total. The van der Waals surface area contributed by atoms with Crippen molar-refractivity contribution in [2.24, 2.45) is 0 Å². The van der Waals surface area contributed by atoms with Crippen molar-refractivity contribution >= 4 is 42.6 Å². The predicted octanol–water partition coefficient (Wildman–Crippen LogP) is 4.61. The highest BCUT2D eigenvalue weighted by atomic mass is 79.9. The molecule has 0 saturated carbocycles. The maximum absolute atomic E-state index is 12.8. The first-order chi connectivity index (χ1) is 13.0. The SMILES string of the molecule is COc1cc2onc(C)c2cc1NS(=O)(=O)c1cc(Br)ccc1OC(F)(F)F. The highest BCUT2D eigenvalue weighted by Gasteiger charge is 2.34. The Morgan fingerprint density at radius 2 is 1.89 bits per heavy atom. The second-order valence-electron chi connectivity index (χ2n) is 5.56. The quantitative estimate of drug-likeness (QED) is 0.573. The monoisotopic (exact) mass is 480 g/mol. The maximum atomic E-state index is 12.8. The normalized spacial score (nSPS) is 12.2. The molecule has 0 saturated heterocycles. The molecule has 0 atom stereocenters. The second-order valence-corrected chi connectivity index (χ2v) is 8.13. The van der Waals surface area contributed by atoms with Crippen molar-refractivity contribution in [2.75, 3.05) is 11.8 Å². The summed E-state index contributed by atoms with van der Waals surface area (Å²) < 4.78 is 80.1. The number of hydrogen-bond acceptors (Lipinski definition) is 6. The summed E-state index contributed by atoms with van der Waals surface area (Å²) in [6, 6.07) is 5.96. The minimum absolute atomic E-state index is 0.000709. The van der Waals surface area contributed by atoms with Gasteiger partial charge in [0.25, 0.3) is 10.0 Å². The Labute approximate surface area is 165 Å². The third kappa shape index (κ3) is 4.17. The highest BCUT2D eigenvalue weighted by Crippen LogP contribution is 2.36. The van der Waals surface area contributed by atoms with Crippen LogP contribution >= 0.6 is 15.9 Å². The van der Waals surface area contributed by atoms with E-state index in [1.807, 2.05) is 0 Å². The molecule has 0 aliphatic carbocycles. The number of aryl methyl sites for hydroxylation is 1. The number of nitrogens with one attached hydrogen (secondary N) is 1. The van der Waals surface area contributed by atoms with Crippen LogP contribution in [-0.2, 0) is 10.0 Å². The van der Waals surface area contributed by atoms with E-state index < -0.39 is 27.0 Å². The van der Waals surface area contributed by atoms with Gasteiger partial charge in [0.15, 0.2) is 5.58 Å². The smallest absolute Gasteiger partial charge is 0.494 e. The summed E-state index contributed by atoms with van der Waals surface area (Å²) in [5, 5.41) is 4.29. The van der Waals surface area contributed by atoms with E-state index in [-0.39, 0.29) is 15.9 Å². The second kappa shape index (κ2) is 7.17. The van der Waals surface area contributed by atoms with E-state index in [4.69, 9.17) is 9.26 Å². The zero-order valence-electron chi connectivity index (χ0n) is 14.3. The first-order valence-corrected chi connectivity index (χ1v) is 9.80. The predicted molar refractivity (Wildman–Crippen MR) is 96.9 cm³/mol. The largest absolute Gasteiger partial charge is 0.573 e. The van der Waals surface area contributed by atoms with E-state index in [1.165, 1.54) is 25.3 Å². The number of sulfonamides is 1. The minimum atomic E-state index is -5.06. The third-order valence-electron chi connectivity index (χ3n) is 3.64. The number of anilines is 1. The van der Waals surface area contributed by atoms with Crippen LogP contribution in [0.2, 0.25) is 0 Å². The van der Waals surface area contributed by atoms with Crippen LogP contribution in [0.5, 0.6) is 11.5 Å². The lowest BCUT2D eigenvalue weighted by Crippen LogP contribution is -2.21. The standard InChI is InChI=1S/C16H12BrF3N2O5S/c1-8-10-6-11(14(25-2)7-13(10)27-21-8)22-28(23,24)15-5-9(17)3-4-12(15)26-16(18,19)20/h3-7,22H,1-2H3. The van der Waals surface area contributed by atoms with Gasteiger partial charge in [0, 0.05) is 15.9 Å². The molecule has 3 rings (SSSR count). The molecule has 0 radical (unpaired) electrons. The van der Waals surface area contributed by atoms with E-state index in [0.717, 1.165) is 12.1 Å². The van der Waals surface area contributed by atoms with Gasteiger partial charge in [-0.3, -0.25) is 4.72 Å². The van der Waals surface area contributed by atoms with Gasteiger partial charge in [-0.1, -0.05) is 21.1 Å². The number of benzene rings is 2. The van der Waals surface area contributed by atoms with Gasteiger partial charge >= 0.3 is 6.36 Å². The van der Waals surface area contributed by atoms with Crippen molar-refractivity contribution in [1.29, 1.82) is 0 Å². The van der Waals surface area contributed by atoms with Crippen LogP contribution in [-0.4, -0.2) is 27.0 Å². The van der Waals surface area contributed by atoms with E-state index in [0.29, 0.717) is 16.7 Å². The molecule has 2 aromatic carbocycles. The van der Waals surface area contributed by atoms with Crippen molar-refractivity contribution in [3.05, 3.63) is 40.5 Å². The molecule has 0 aliphatic heterocycles. The van der Waals surface area contributed by atoms with E-state index in [9.17, 15) is 21.6 Å². The van der Waals surface area contributed by atoms with Gasteiger partial charge in [0.05, 0.1) is 18.5 Å². The average Bonchev–Trinajstić information content (AvgIpc) is 2.94. The van der Waals surface area contributed by atoms with E-state index in [2.05, 4.69) is 30.5 Å².